The van der Waals surface area contributed by atoms with Gasteiger partial charge in [0, 0.05) is 4.88 Å². The monoisotopic (exact) mass is 265 g/mol. The molecule has 6 heteroatoms. The standard InChI is InChI=1S/C11H11N3OS2/c1-3-7-6-8-9(17-7)13-11(16-2)14(5-4-12)10(8)15/h6H,3,5H2,1-2H3. The van der Waals surface area contributed by atoms with Gasteiger partial charge in [-0.1, -0.05) is 18.7 Å². The number of aromatic nitrogens is 2. The summed E-state index contributed by atoms with van der Waals surface area (Å²) in [6.45, 7) is 2.10. The normalized spacial score (nSPS) is 10.6. The maximum absolute atomic E-state index is 12.2. The van der Waals surface area contributed by atoms with Crippen molar-refractivity contribution in [3.05, 3.63) is 21.3 Å². The number of hydrogen-bond acceptors (Lipinski definition) is 5. The van der Waals surface area contributed by atoms with Crippen LogP contribution in [0, 0.1) is 11.3 Å². The highest BCUT2D eigenvalue weighted by atomic mass is 32.2. The summed E-state index contributed by atoms with van der Waals surface area (Å²) in [5.41, 5.74) is -0.114. The molecule has 0 unspecified atom stereocenters. The van der Waals surface area contributed by atoms with Gasteiger partial charge >= 0.3 is 0 Å². The highest BCUT2D eigenvalue weighted by molar-refractivity contribution is 7.98. The number of hydrogen-bond donors (Lipinski definition) is 0. The van der Waals surface area contributed by atoms with Crippen molar-refractivity contribution in [3.8, 4) is 6.07 Å². The number of thiophene rings is 1. The molecule has 0 fully saturated rings. The van der Waals surface area contributed by atoms with Gasteiger partial charge in [0.15, 0.2) is 5.16 Å². The van der Waals surface area contributed by atoms with Crippen molar-refractivity contribution >= 4 is 33.3 Å². The van der Waals surface area contributed by atoms with Gasteiger partial charge in [0.25, 0.3) is 5.56 Å². The minimum atomic E-state index is -0.114. The van der Waals surface area contributed by atoms with Gasteiger partial charge in [-0.05, 0) is 18.7 Å². The van der Waals surface area contributed by atoms with Crippen molar-refractivity contribution in [2.45, 2.75) is 25.0 Å². The zero-order valence-electron chi connectivity index (χ0n) is 9.56. The Morgan fingerprint density at radius 3 is 3.00 bits per heavy atom. The Hall–Kier alpha value is -1.32. The lowest BCUT2D eigenvalue weighted by molar-refractivity contribution is 0.680. The number of aryl methyl sites for hydroxylation is 1. The molecular formula is C11H11N3OS2. The molecule has 0 spiro atoms. The second-order valence-corrected chi connectivity index (χ2v) is 5.32. The number of thioether (sulfide) groups is 1. The summed E-state index contributed by atoms with van der Waals surface area (Å²) in [6, 6.07) is 3.88. The van der Waals surface area contributed by atoms with E-state index >= 15 is 0 Å². The number of nitriles is 1. The zero-order valence-corrected chi connectivity index (χ0v) is 11.2. The van der Waals surface area contributed by atoms with Gasteiger partial charge in [0.05, 0.1) is 11.5 Å². The summed E-state index contributed by atoms with van der Waals surface area (Å²) in [4.78, 5) is 18.5. The predicted octanol–water partition coefficient (Wildman–Crippen LogP) is 2.27. The van der Waals surface area contributed by atoms with Crippen LogP contribution in [-0.2, 0) is 13.0 Å². The third-order valence-electron chi connectivity index (χ3n) is 2.43. The molecule has 88 valence electrons. The molecule has 2 aromatic rings. The Kier molecular flexibility index (Phi) is 3.50. The predicted molar refractivity (Wildman–Crippen MR) is 70.7 cm³/mol. The zero-order chi connectivity index (χ0) is 12.4. The van der Waals surface area contributed by atoms with Gasteiger partial charge in [-0.3, -0.25) is 9.36 Å². The van der Waals surface area contributed by atoms with Crippen LogP contribution < -0.4 is 5.56 Å². The first-order valence-corrected chi connectivity index (χ1v) is 7.19. The van der Waals surface area contributed by atoms with Crippen molar-refractivity contribution in [3.63, 3.8) is 0 Å². The summed E-state index contributed by atoms with van der Waals surface area (Å²) in [6.07, 6.45) is 2.75. The molecule has 0 bridgehead atoms. The van der Waals surface area contributed by atoms with Crippen LogP contribution in [0.2, 0.25) is 0 Å². The third-order valence-corrected chi connectivity index (χ3v) is 4.28. The summed E-state index contributed by atoms with van der Waals surface area (Å²) in [7, 11) is 0. The molecule has 2 aromatic heterocycles. The van der Waals surface area contributed by atoms with Crippen molar-refractivity contribution in [1.29, 1.82) is 5.26 Å². The molecule has 0 saturated carbocycles. The van der Waals surface area contributed by atoms with Gasteiger partial charge < -0.3 is 0 Å². The molecule has 0 atom stereocenters. The average Bonchev–Trinajstić information content (AvgIpc) is 2.76. The fourth-order valence-corrected chi connectivity index (χ4v) is 3.15. The Morgan fingerprint density at radius 1 is 1.65 bits per heavy atom. The van der Waals surface area contributed by atoms with Crippen LogP contribution in [0.25, 0.3) is 10.2 Å². The van der Waals surface area contributed by atoms with E-state index in [4.69, 9.17) is 5.26 Å². The molecule has 0 aliphatic carbocycles. The molecule has 17 heavy (non-hydrogen) atoms. The fourth-order valence-electron chi connectivity index (χ4n) is 1.59. The quantitative estimate of drug-likeness (QED) is 0.631. The van der Waals surface area contributed by atoms with Gasteiger partial charge in [0.1, 0.15) is 11.4 Å². The van der Waals surface area contributed by atoms with Crippen molar-refractivity contribution in [2.75, 3.05) is 6.26 Å². The lowest BCUT2D eigenvalue weighted by atomic mass is 10.3. The minimum absolute atomic E-state index is 0.0508. The number of fused-ring (bicyclic) bond motifs is 1. The molecule has 0 aliphatic rings. The van der Waals surface area contributed by atoms with E-state index in [9.17, 15) is 4.79 Å². The molecule has 0 aliphatic heterocycles. The van der Waals surface area contributed by atoms with Crippen molar-refractivity contribution in [1.82, 2.24) is 9.55 Å². The van der Waals surface area contributed by atoms with E-state index in [1.54, 1.807) is 11.3 Å². The van der Waals surface area contributed by atoms with Gasteiger partial charge in [-0.2, -0.15) is 5.26 Å². The lowest BCUT2D eigenvalue weighted by Gasteiger charge is -2.05. The van der Waals surface area contributed by atoms with E-state index < -0.39 is 0 Å². The van der Waals surface area contributed by atoms with Crippen molar-refractivity contribution < 1.29 is 0 Å². The molecule has 4 nitrogen and oxygen atoms in total. The van der Waals surface area contributed by atoms with Crippen LogP contribution in [0.4, 0.5) is 0 Å². The molecule has 0 amide bonds. The highest BCUT2D eigenvalue weighted by Gasteiger charge is 2.12. The lowest BCUT2D eigenvalue weighted by Crippen LogP contribution is -2.22. The van der Waals surface area contributed by atoms with Crippen LogP contribution in [0.3, 0.4) is 0 Å². The van der Waals surface area contributed by atoms with E-state index in [1.165, 1.54) is 16.3 Å². The van der Waals surface area contributed by atoms with E-state index in [0.717, 1.165) is 16.1 Å². The van der Waals surface area contributed by atoms with E-state index in [2.05, 4.69) is 4.98 Å². The van der Waals surface area contributed by atoms with E-state index in [0.29, 0.717) is 10.5 Å². The van der Waals surface area contributed by atoms with Crippen LogP contribution >= 0.6 is 23.1 Å². The maximum atomic E-state index is 12.2. The van der Waals surface area contributed by atoms with E-state index in [1.807, 2.05) is 25.3 Å². The molecular weight excluding hydrogens is 254 g/mol. The Balaban J connectivity index is 2.77. The first-order valence-electron chi connectivity index (χ1n) is 5.15. The molecule has 0 saturated heterocycles. The first-order chi connectivity index (χ1) is 8.21. The number of rotatable bonds is 3. The number of nitrogens with zero attached hydrogens (tertiary/aromatic N) is 3. The van der Waals surface area contributed by atoms with Crippen LogP contribution in [-0.4, -0.2) is 15.8 Å². The maximum Gasteiger partial charge on any atom is 0.263 e. The highest BCUT2D eigenvalue weighted by Crippen LogP contribution is 2.24. The average molecular weight is 265 g/mol. The Morgan fingerprint density at radius 2 is 2.41 bits per heavy atom. The van der Waals surface area contributed by atoms with Gasteiger partial charge in [0.2, 0.25) is 0 Å². The molecule has 0 aromatic carbocycles. The van der Waals surface area contributed by atoms with Crippen LogP contribution in [0.1, 0.15) is 11.8 Å². The second kappa shape index (κ2) is 4.90. The molecule has 0 N–H and O–H groups in total. The van der Waals surface area contributed by atoms with Gasteiger partial charge in [-0.15, -0.1) is 11.3 Å². The van der Waals surface area contributed by atoms with E-state index in [-0.39, 0.29) is 12.1 Å². The summed E-state index contributed by atoms with van der Waals surface area (Å²) < 4.78 is 1.43. The fraction of sp³-hybridized carbons (Fsp3) is 0.364. The molecule has 0 radical (unpaired) electrons. The Labute approximate surface area is 107 Å². The van der Waals surface area contributed by atoms with Gasteiger partial charge in [-0.25, -0.2) is 4.98 Å². The molecule has 2 heterocycles. The molecule has 2 rings (SSSR count). The minimum Gasteiger partial charge on any atom is -0.273 e. The second-order valence-electron chi connectivity index (χ2n) is 3.43. The van der Waals surface area contributed by atoms with Crippen LogP contribution in [0.15, 0.2) is 16.0 Å². The van der Waals surface area contributed by atoms with Crippen molar-refractivity contribution in [2.24, 2.45) is 0 Å². The largest absolute Gasteiger partial charge is 0.273 e. The third kappa shape index (κ3) is 2.08. The first kappa shape index (κ1) is 12.1. The summed E-state index contributed by atoms with van der Waals surface area (Å²) in [5, 5.41) is 9.97. The Bertz CT molecular complexity index is 651. The SMILES string of the molecule is CCc1cc2c(=O)n(CC#N)c(SC)nc2s1. The smallest absolute Gasteiger partial charge is 0.263 e. The van der Waals surface area contributed by atoms with Crippen LogP contribution in [0.5, 0.6) is 0 Å². The summed E-state index contributed by atoms with van der Waals surface area (Å²) in [5.74, 6) is 0. The topological polar surface area (TPSA) is 58.7 Å². The summed E-state index contributed by atoms with van der Waals surface area (Å²) >= 11 is 2.94.